The van der Waals surface area contributed by atoms with Crippen LogP contribution in [0.1, 0.15) is 17.0 Å². The van der Waals surface area contributed by atoms with E-state index in [0.717, 1.165) is 27.7 Å². The maximum absolute atomic E-state index is 12.5. The molecular formula is C26H26N4O4. The van der Waals surface area contributed by atoms with Gasteiger partial charge in [-0.25, -0.2) is 0 Å². The number of nitro groups is 1. The number of carbonyl (C=O) groups excluding carboxylic acids is 1. The molecule has 0 saturated heterocycles. The molecule has 4 aromatic rings. The second-order valence-corrected chi connectivity index (χ2v) is 8.17. The Labute approximate surface area is 197 Å². The number of nitrogens with zero attached hydrogens (tertiary/aromatic N) is 2. The molecule has 2 N–H and O–H groups in total. The van der Waals surface area contributed by atoms with Gasteiger partial charge in [0.25, 0.3) is 11.6 Å². The number of para-hydroxylation sites is 1. The van der Waals surface area contributed by atoms with Crippen molar-refractivity contribution in [3.8, 4) is 5.75 Å². The smallest absolute Gasteiger partial charge is 0.269 e. The normalized spacial score (nSPS) is 11.7. The van der Waals surface area contributed by atoms with E-state index in [0.29, 0.717) is 12.3 Å². The first-order valence-electron chi connectivity index (χ1n) is 10.9. The van der Waals surface area contributed by atoms with Crippen LogP contribution >= 0.6 is 0 Å². The van der Waals surface area contributed by atoms with Crippen LogP contribution in [0, 0.1) is 10.1 Å². The summed E-state index contributed by atoms with van der Waals surface area (Å²) in [5, 5.41) is 14.9. The van der Waals surface area contributed by atoms with Gasteiger partial charge in [-0.3, -0.25) is 14.9 Å². The zero-order valence-corrected chi connectivity index (χ0v) is 19.0. The Hall–Kier alpha value is -4.33. The molecule has 0 saturated carbocycles. The van der Waals surface area contributed by atoms with Crippen molar-refractivity contribution in [3.05, 3.63) is 100 Å². The first-order chi connectivity index (χ1) is 16.4. The van der Waals surface area contributed by atoms with Gasteiger partial charge >= 0.3 is 0 Å². The Kier molecular flexibility index (Phi) is 6.77. The summed E-state index contributed by atoms with van der Waals surface area (Å²) in [6.45, 7) is 0.212. The van der Waals surface area contributed by atoms with E-state index in [1.807, 2.05) is 43.4 Å². The minimum Gasteiger partial charge on any atom is -0.484 e. The summed E-state index contributed by atoms with van der Waals surface area (Å²) in [5.74, 6) is 0.0667. The fourth-order valence-electron chi connectivity index (χ4n) is 3.87. The average molecular weight is 459 g/mol. The second kappa shape index (κ2) is 10.1. The Morgan fingerprint density at radius 1 is 1.06 bits per heavy atom. The highest BCUT2D eigenvalue weighted by molar-refractivity contribution is 5.84. The average Bonchev–Trinajstić information content (AvgIpc) is 3.27. The molecule has 1 aromatic heterocycles. The number of aromatic amines is 1. The first kappa shape index (κ1) is 22.8. The first-order valence-corrected chi connectivity index (χ1v) is 10.9. The molecule has 174 valence electrons. The molecule has 8 nitrogen and oxygen atoms in total. The third kappa shape index (κ3) is 5.17. The molecule has 1 unspecified atom stereocenters. The minimum absolute atomic E-state index is 0.0290. The summed E-state index contributed by atoms with van der Waals surface area (Å²) in [4.78, 5) is 28.2. The van der Waals surface area contributed by atoms with Crippen LogP contribution in [0.2, 0.25) is 0 Å². The molecule has 1 atom stereocenters. The Morgan fingerprint density at radius 2 is 1.76 bits per heavy atom. The van der Waals surface area contributed by atoms with Crippen molar-refractivity contribution in [2.75, 3.05) is 32.1 Å². The van der Waals surface area contributed by atoms with Gasteiger partial charge in [-0.1, -0.05) is 30.3 Å². The molecule has 1 heterocycles. The Morgan fingerprint density at radius 3 is 2.44 bits per heavy atom. The SMILES string of the molecule is CN(C)c1ccc(C(CNC(=O)COc2ccc([N+](=O)[O-])cc2)c2c[nH]c3ccccc23)cc1. The third-order valence-corrected chi connectivity index (χ3v) is 5.73. The highest BCUT2D eigenvalue weighted by Crippen LogP contribution is 2.31. The van der Waals surface area contributed by atoms with Crippen molar-refractivity contribution >= 4 is 28.2 Å². The molecule has 0 radical (unpaired) electrons. The number of ether oxygens (including phenoxy) is 1. The number of rotatable bonds is 9. The maximum atomic E-state index is 12.5. The highest BCUT2D eigenvalue weighted by Gasteiger charge is 2.19. The van der Waals surface area contributed by atoms with Crippen molar-refractivity contribution in [1.82, 2.24) is 10.3 Å². The van der Waals surface area contributed by atoms with Gasteiger partial charge in [0, 0.05) is 61.5 Å². The van der Waals surface area contributed by atoms with E-state index >= 15 is 0 Å². The van der Waals surface area contributed by atoms with E-state index < -0.39 is 4.92 Å². The summed E-state index contributed by atoms with van der Waals surface area (Å²) in [7, 11) is 3.99. The molecule has 8 heteroatoms. The number of hydrogen-bond acceptors (Lipinski definition) is 5. The number of fused-ring (bicyclic) bond motifs is 1. The van der Waals surface area contributed by atoms with Crippen molar-refractivity contribution in [3.63, 3.8) is 0 Å². The maximum Gasteiger partial charge on any atom is 0.269 e. The Balaban J connectivity index is 1.48. The second-order valence-electron chi connectivity index (χ2n) is 8.17. The van der Waals surface area contributed by atoms with Crippen molar-refractivity contribution < 1.29 is 14.5 Å². The molecule has 0 aliphatic heterocycles. The number of benzene rings is 3. The van der Waals surface area contributed by atoms with Gasteiger partial charge in [0.2, 0.25) is 0 Å². The van der Waals surface area contributed by atoms with Crippen LogP contribution in [-0.4, -0.2) is 43.1 Å². The van der Waals surface area contributed by atoms with Crippen molar-refractivity contribution in [2.45, 2.75) is 5.92 Å². The number of nitrogens with one attached hydrogen (secondary N) is 2. The summed E-state index contributed by atoms with van der Waals surface area (Å²) in [5.41, 5.74) is 4.30. The van der Waals surface area contributed by atoms with Crippen LogP contribution in [0.25, 0.3) is 10.9 Å². The fraction of sp³-hybridized carbons (Fsp3) is 0.192. The zero-order chi connectivity index (χ0) is 24.1. The molecule has 0 aliphatic carbocycles. The summed E-state index contributed by atoms with van der Waals surface area (Å²) < 4.78 is 5.50. The predicted molar refractivity (Wildman–Crippen MR) is 133 cm³/mol. The fourth-order valence-corrected chi connectivity index (χ4v) is 3.87. The lowest BCUT2D eigenvalue weighted by molar-refractivity contribution is -0.384. The van der Waals surface area contributed by atoms with E-state index in [2.05, 4.69) is 40.6 Å². The van der Waals surface area contributed by atoms with E-state index in [1.54, 1.807) is 0 Å². The molecule has 0 aliphatic rings. The van der Waals surface area contributed by atoms with Gasteiger partial charge in [0.05, 0.1) is 4.92 Å². The summed E-state index contributed by atoms with van der Waals surface area (Å²) in [6.07, 6.45) is 1.99. The minimum atomic E-state index is -0.480. The summed E-state index contributed by atoms with van der Waals surface area (Å²) >= 11 is 0. The number of aromatic nitrogens is 1. The van der Waals surface area contributed by atoms with E-state index in [1.165, 1.54) is 24.3 Å². The quantitative estimate of drug-likeness (QED) is 0.285. The van der Waals surface area contributed by atoms with Crippen LogP contribution in [0.15, 0.2) is 79.0 Å². The molecule has 0 bridgehead atoms. The summed E-state index contributed by atoms with van der Waals surface area (Å²) in [6, 6.07) is 22.0. The molecule has 1 amide bonds. The number of carbonyl (C=O) groups is 1. The highest BCUT2D eigenvalue weighted by atomic mass is 16.6. The van der Waals surface area contributed by atoms with Crippen LogP contribution in [0.5, 0.6) is 5.75 Å². The van der Waals surface area contributed by atoms with Crippen LogP contribution in [0.4, 0.5) is 11.4 Å². The number of amides is 1. The molecule has 34 heavy (non-hydrogen) atoms. The van der Waals surface area contributed by atoms with Crippen molar-refractivity contribution in [2.24, 2.45) is 0 Å². The molecule has 4 rings (SSSR count). The van der Waals surface area contributed by atoms with Crippen molar-refractivity contribution in [1.29, 1.82) is 0 Å². The third-order valence-electron chi connectivity index (χ3n) is 5.73. The van der Waals surface area contributed by atoms with Crippen LogP contribution < -0.4 is 15.0 Å². The Bertz CT molecular complexity index is 1280. The molecular weight excluding hydrogens is 432 g/mol. The van der Waals surface area contributed by atoms with Gasteiger partial charge < -0.3 is 19.9 Å². The zero-order valence-electron chi connectivity index (χ0n) is 19.0. The van der Waals surface area contributed by atoms with Crippen LogP contribution in [-0.2, 0) is 4.79 Å². The number of hydrogen-bond donors (Lipinski definition) is 2. The molecule has 3 aromatic carbocycles. The monoisotopic (exact) mass is 458 g/mol. The lowest BCUT2D eigenvalue weighted by atomic mass is 9.90. The topological polar surface area (TPSA) is 100 Å². The van der Waals surface area contributed by atoms with Crippen LogP contribution in [0.3, 0.4) is 0 Å². The van der Waals surface area contributed by atoms with E-state index in [-0.39, 0.29) is 24.1 Å². The number of nitro benzene ring substituents is 1. The molecule has 0 fully saturated rings. The van der Waals surface area contributed by atoms with Gasteiger partial charge in [-0.15, -0.1) is 0 Å². The predicted octanol–water partition coefficient (Wildman–Crippen LogP) is 4.47. The van der Waals surface area contributed by atoms with Gasteiger partial charge in [0.1, 0.15) is 5.75 Å². The lowest BCUT2D eigenvalue weighted by Crippen LogP contribution is -2.32. The standard InChI is InChI=1S/C26H26N4O4/c1-29(2)19-9-7-18(8-10-19)23(24-16-27-25-6-4-3-5-22(24)25)15-28-26(31)17-34-21-13-11-20(12-14-21)30(32)33/h3-14,16,23,27H,15,17H2,1-2H3,(H,28,31). The number of anilines is 1. The number of H-pyrrole nitrogens is 1. The largest absolute Gasteiger partial charge is 0.484 e. The van der Waals surface area contributed by atoms with E-state index in [4.69, 9.17) is 4.74 Å². The van der Waals surface area contributed by atoms with E-state index in [9.17, 15) is 14.9 Å². The molecule has 0 spiro atoms. The van der Waals surface area contributed by atoms with Gasteiger partial charge in [-0.2, -0.15) is 0 Å². The lowest BCUT2D eigenvalue weighted by Gasteiger charge is -2.20. The van der Waals surface area contributed by atoms with Gasteiger partial charge in [-0.05, 0) is 41.5 Å². The number of non-ortho nitro benzene ring substituents is 1. The van der Waals surface area contributed by atoms with Gasteiger partial charge in [0.15, 0.2) is 6.61 Å².